The first kappa shape index (κ1) is 30.4. The Bertz CT molecular complexity index is 1740. The summed E-state index contributed by atoms with van der Waals surface area (Å²) in [5.41, 5.74) is 2.25. The van der Waals surface area contributed by atoms with Crippen molar-refractivity contribution >= 4 is 17.5 Å². The van der Waals surface area contributed by atoms with Crippen LogP contribution in [0.5, 0.6) is 5.75 Å². The minimum Gasteiger partial charge on any atom is -0.508 e. The molecule has 6 N–H and O–H groups in total. The van der Waals surface area contributed by atoms with Crippen LogP contribution in [0.25, 0.3) is 11.6 Å². The van der Waals surface area contributed by atoms with E-state index in [4.69, 9.17) is 13.8 Å². The fourth-order valence-corrected chi connectivity index (χ4v) is 6.11. The lowest BCUT2D eigenvalue weighted by Gasteiger charge is -2.31. The molecule has 0 saturated heterocycles. The van der Waals surface area contributed by atoms with Crippen molar-refractivity contribution in [2.24, 2.45) is 11.8 Å². The number of benzene rings is 2. The lowest BCUT2D eigenvalue weighted by Crippen LogP contribution is -2.52. The van der Waals surface area contributed by atoms with Gasteiger partial charge in [0.05, 0.1) is 6.61 Å². The molecule has 0 unspecified atom stereocenters. The minimum atomic E-state index is -1.30. The molecule has 2 amide bonds. The molecule has 236 valence electrons. The molecule has 0 radical (unpaired) electrons. The van der Waals surface area contributed by atoms with Gasteiger partial charge in [-0.25, -0.2) is 9.97 Å². The van der Waals surface area contributed by atoms with E-state index in [1.54, 1.807) is 32.0 Å². The summed E-state index contributed by atoms with van der Waals surface area (Å²) in [6, 6.07) is 11.0. The summed E-state index contributed by atoms with van der Waals surface area (Å²) in [5, 5.41) is 40.9. The van der Waals surface area contributed by atoms with E-state index >= 15 is 0 Å². The Morgan fingerprint density at radius 1 is 1.13 bits per heavy atom. The molecule has 4 heterocycles. The molecule has 45 heavy (non-hydrogen) atoms. The third-order valence-corrected chi connectivity index (χ3v) is 8.60. The number of aromatic nitrogens is 2. The Hall–Kier alpha value is -4.68. The summed E-state index contributed by atoms with van der Waals surface area (Å²) < 4.78 is 12.5. The number of rotatable bonds is 6. The van der Waals surface area contributed by atoms with Crippen molar-refractivity contribution in [3.05, 3.63) is 82.8 Å². The first-order valence-electron chi connectivity index (χ1n) is 15.0. The lowest BCUT2D eigenvalue weighted by molar-refractivity contribution is -0.135. The fourth-order valence-electron chi connectivity index (χ4n) is 6.11. The molecule has 2 aromatic heterocycles. The van der Waals surface area contributed by atoms with E-state index in [-0.39, 0.29) is 54.6 Å². The van der Waals surface area contributed by atoms with Gasteiger partial charge >= 0.3 is 0 Å². The summed E-state index contributed by atoms with van der Waals surface area (Å²) in [6.07, 6.45) is 0.124. The number of oxazole rings is 2. The maximum Gasteiger partial charge on any atom is 0.249 e. The van der Waals surface area contributed by atoms with Gasteiger partial charge in [0.2, 0.25) is 23.6 Å². The Labute approximate surface area is 259 Å². The Morgan fingerprint density at radius 2 is 1.91 bits per heavy atom. The average molecular weight is 616 g/mol. The number of para-hydroxylation sites is 1. The Balaban J connectivity index is 1.62. The number of carbonyl (C=O) groups excluding carboxylic acids is 2. The number of phenolic OH excluding ortho intramolecular Hbond substituents is 1. The Kier molecular flexibility index (Phi) is 7.88. The topological polar surface area (TPSA) is 183 Å². The predicted octanol–water partition coefficient (Wildman–Crippen LogP) is 3.16. The zero-order valence-electron chi connectivity index (χ0n) is 25.5. The van der Waals surface area contributed by atoms with E-state index in [1.807, 2.05) is 38.1 Å². The fraction of sp³-hybridized carbons (Fsp3) is 0.394. The maximum atomic E-state index is 13.9. The van der Waals surface area contributed by atoms with Gasteiger partial charge < -0.3 is 40.1 Å². The van der Waals surface area contributed by atoms with Crippen LogP contribution < -0.4 is 16.0 Å². The van der Waals surface area contributed by atoms with Crippen LogP contribution in [0.2, 0.25) is 0 Å². The third-order valence-electron chi connectivity index (χ3n) is 8.60. The second kappa shape index (κ2) is 11.7. The molecule has 12 nitrogen and oxygen atoms in total. The molecule has 2 aliphatic heterocycles. The van der Waals surface area contributed by atoms with Crippen LogP contribution in [0, 0.1) is 11.8 Å². The van der Waals surface area contributed by atoms with Crippen LogP contribution >= 0.6 is 0 Å². The number of anilines is 1. The summed E-state index contributed by atoms with van der Waals surface area (Å²) in [7, 11) is 0. The monoisotopic (exact) mass is 615 g/mol. The van der Waals surface area contributed by atoms with E-state index in [1.165, 1.54) is 6.26 Å². The number of amides is 2. The number of hydrogen-bond donors (Lipinski definition) is 6. The van der Waals surface area contributed by atoms with Gasteiger partial charge in [-0.1, -0.05) is 58.0 Å². The van der Waals surface area contributed by atoms with Gasteiger partial charge in [-0.05, 0) is 35.1 Å². The van der Waals surface area contributed by atoms with Crippen molar-refractivity contribution in [3.63, 3.8) is 0 Å². The quantitative estimate of drug-likeness (QED) is 0.188. The van der Waals surface area contributed by atoms with Crippen LogP contribution in [0.1, 0.15) is 67.8 Å². The van der Waals surface area contributed by atoms with E-state index < -0.39 is 35.4 Å². The van der Waals surface area contributed by atoms with Gasteiger partial charge in [0, 0.05) is 24.2 Å². The molecule has 0 saturated carbocycles. The highest BCUT2D eigenvalue weighted by Gasteiger charge is 2.50. The highest BCUT2D eigenvalue weighted by Crippen LogP contribution is 2.52. The van der Waals surface area contributed by atoms with Crippen LogP contribution in [0.15, 0.2) is 57.6 Å². The molecule has 4 bridgehead atoms. The van der Waals surface area contributed by atoms with E-state index in [9.17, 15) is 24.9 Å². The minimum absolute atomic E-state index is 0.0117. The van der Waals surface area contributed by atoms with Gasteiger partial charge in [0.25, 0.3) is 0 Å². The number of nitrogens with one attached hydrogen (secondary N) is 3. The standard InChI is InChI=1S/C33H37N5O7/c1-16(2)25-32-38-26(31-35-19(13-39)14-44-31)28(45-32)33(15-34-22-8-6-5-7-20(22)33)21-11-18(9-10-24(21)40)12-23(29(42)37-25)36-30(43)27(41)17(3)4/h5-11,14,16-17,23,25,27,34,39-41H,12-13,15H2,1-4H3,(H,36,43)(H,37,42)/t23-,25-,27-,33+/m0/s1. The smallest absolute Gasteiger partial charge is 0.249 e. The SMILES string of the molecule is CC(C)[C@H](O)C(=O)N[C@H]1Cc2ccc(O)c(c2)[C@]2(CNc3ccccc32)c2oc(nc2-c2nc(CO)co2)[C@H](C(C)C)NC1=O. The number of carbonyl (C=O) groups is 2. The highest BCUT2D eigenvalue weighted by atomic mass is 16.4. The molecule has 4 atom stereocenters. The molecule has 2 aliphatic rings. The zero-order valence-corrected chi connectivity index (χ0v) is 25.5. The summed E-state index contributed by atoms with van der Waals surface area (Å²) in [5.74, 6) is -1.09. The van der Waals surface area contributed by atoms with E-state index in [2.05, 4.69) is 20.9 Å². The average Bonchev–Trinajstić information content (AvgIpc) is 3.76. The van der Waals surface area contributed by atoms with Crippen LogP contribution in [-0.4, -0.2) is 55.8 Å². The highest BCUT2D eigenvalue weighted by molar-refractivity contribution is 5.90. The number of aromatic hydroxyl groups is 1. The second-order valence-electron chi connectivity index (χ2n) is 12.4. The number of fused-ring (bicyclic) bond motifs is 8. The molecule has 1 spiro atoms. The van der Waals surface area contributed by atoms with Crippen molar-refractivity contribution in [2.75, 3.05) is 11.9 Å². The summed E-state index contributed by atoms with van der Waals surface area (Å²) in [4.78, 5) is 36.1. The van der Waals surface area contributed by atoms with E-state index in [0.29, 0.717) is 22.6 Å². The zero-order chi connectivity index (χ0) is 32.0. The van der Waals surface area contributed by atoms with Crippen LogP contribution in [0.3, 0.4) is 0 Å². The molecular formula is C33H37N5O7. The van der Waals surface area contributed by atoms with Crippen LogP contribution in [-0.2, 0) is 28.0 Å². The third kappa shape index (κ3) is 5.23. The van der Waals surface area contributed by atoms with Crippen molar-refractivity contribution in [2.45, 2.75) is 64.3 Å². The maximum absolute atomic E-state index is 13.9. The van der Waals surface area contributed by atoms with Gasteiger partial charge in [-0.15, -0.1) is 0 Å². The second-order valence-corrected chi connectivity index (χ2v) is 12.4. The molecular weight excluding hydrogens is 578 g/mol. The lowest BCUT2D eigenvalue weighted by atomic mass is 9.72. The van der Waals surface area contributed by atoms with Crippen molar-refractivity contribution in [3.8, 4) is 17.3 Å². The Morgan fingerprint density at radius 3 is 2.62 bits per heavy atom. The molecule has 6 rings (SSSR count). The largest absolute Gasteiger partial charge is 0.508 e. The van der Waals surface area contributed by atoms with Crippen molar-refractivity contribution < 1.29 is 33.7 Å². The summed E-state index contributed by atoms with van der Waals surface area (Å²) in [6.45, 7) is 7.19. The van der Waals surface area contributed by atoms with Crippen molar-refractivity contribution in [1.29, 1.82) is 0 Å². The normalized spacial score (nSPS) is 21.6. The molecule has 0 aliphatic carbocycles. The van der Waals surface area contributed by atoms with Gasteiger partial charge in [-0.2, -0.15) is 0 Å². The van der Waals surface area contributed by atoms with Gasteiger partial charge in [0.1, 0.15) is 41.3 Å². The number of nitrogens with zero attached hydrogens (tertiary/aromatic N) is 2. The molecule has 12 heteroatoms. The van der Waals surface area contributed by atoms with Crippen molar-refractivity contribution in [1.82, 2.24) is 20.6 Å². The number of aliphatic hydroxyl groups excluding tert-OH is 2. The number of phenols is 1. The first-order valence-corrected chi connectivity index (χ1v) is 15.0. The molecule has 4 aromatic rings. The predicted molar refractivity (Wildman–Crippen MR) is 163 cm³/mol. The molecule has 2 aromatic carbocycles. The number of hydrogen-bond acceptors (Lipinski definition) is 10. The van der Waals surface area contributed by atoms with Gasteiger partial charge in [-0.3, -0.25) is 9.59 Å². The molecule has 0 fully saturated rings. The number of aliphatic hydroxyl groups is 2. The van der Waals surface area contributed by atoms with Crippen LogP contribution in [0.4, 0.5) is 5.69 Å². The summed E-state index contributed by atoms with van der Waals surface area (Å²) >= 11 is 0. The van der Waals surface area contributed by atoms with Gasteiger partial charge in [0.15, 0.2) is 11.5 Å². The first-order chi connectivity index (χ1) is 21.5. The van der Waals surface area contributed by atoms with E-state index in [0.717, 1.165) is 11.3 Å².